The normalized spacial score (nSPS) is 12.5. The SMILES string of the molecule is CS(=O)(=O)Nc1ccc(OC[C@@H](O)CN(CCc2ccc(Cl)c(Cl)c2)Cc2cccnc2)cc1. The number of nitrogens with zero attached hydrogens (tertiary/aromatic N) is 2. The average Bonchev–Trinajstić information content (AvgIpc) is 2.79. The van der Waals surface area contributed by atoms with Crippen LogP contribution in [0.4, 0.5) is 5.69 Å². The van der Waals surface area contributed by atoms with Gasteiger partial charge in [-0.2, -0.15) is 0 Å². The lowest BCUT2D eigenvalue weighted by Crippen LogP contribution is -2.36. The Hall–Kier alpha value is -2.36. The van der Waals surface area contributed by atoms with Crippen molar-refractivity contribution in [3.63, 3.8) is 0 Å². The molecule has 182 valence electrons. The van der Waals surface area contributed by atoms with Crippen LogP contribution in [-0.2, 0) is 23.0 Å². The number of benzene rings is 2. The highest BCUT2D eigenvalue weighted by Crippen LogP contribution is 2.23. The Kier molecular flexibility index (Phi) is 9.55. The van der Waals surface area contributed by atoms with E-state index < -0.39 is 16.1 Å². The zero-order valence-corrected chi connectivity index (χ0v) is 21.0. The summed E-state index contributed by atoms with van der Waals surface area (Å²) in [6.45, 7) is 1.80. The van der Waals surface area contributed by atoms with E-state index in [9.17, 15) is 13.5 Å². The summed E-state index contributed by atoms with van der Waals surface area (Å²) in [5.74, 6) is 0.535. The van der Waals surface area contributed by atoms with Gasteiger partial charge in [0.1, 0.15) is 18.5 Å². The summed E-state index contributed by atoms with van der Waals surface area (Å²) in [6, 6.07) is 16.0. The molecule has 0 aliphatic carbocycles. The first-order valence-corrected chi connectivity index (χ1v) is 13.3. The van der Waals surface area contributed by atoms with Gasteiger partial charge in [-0.3, -0.25) is 14.6 Å². The molecule has 3 rings (SSSR count). The first-order chi connectivity index (χ1) is 16.2. The van der Waals surface area contributed by atoms with Crippen molar-refractivity contribution in [2.24, 2.45) is 0 Å². The molecule has 3 aromatic rings. The third-order valence-corrected chi connectivity index (χ3v) is 6.24. The Morgan fingerprint density at radius 3 is 2.50 bits per heavy atom. The van der Waals surface area contributed by atoms with E-state index in [1.165, 1.54) is 0 Å². The number of aliphatic hydroxyl groups excluding tert-OH is 1. The van der Waals surface area contributed by atoms with Crippen molar-refractivity contribution in [2.45, 2.75) is 19.1 Å². The molecule has 34 heavy (non-hydrogen) atoms. The van der Waals surface area contributed by atoms with E-state index >= 15 is 0 Å². The molecule has 0 aliphatic rings. The maximum absolute atomic E-state index is 11.3. The van der Waals surface area contributed by atoms with E-state index in [2.05, 4.69) is 14.6 Å². The number of ether oxygens (including phenoxy) is 1. The number of pyridine rings is 1. The first kappa shape index (κ1) is 26.2. The number of rotatable bonds is 12. The second-order valence-electron chi connectivity index (χ2n) is 7.96. The van der Waals surface area contributed by atoms with Gasteiger partial charge in [0.05, 0.1) is 16.3 Å². The lowest BCUT2D eigenvalue weighted by Gasteiger charge is -2.25. The molecule has 1 aromatic heterocycles. The standard InChI is InChI=1S/C24H27Cl2N3O4S/c1-34(31,32)28-20-5-7-22(8-6-20)33-17-21(30)16-29(15-19-3-2-11-27-14-19)12-10-18-4-9-23(25)24(26)13-18/h2-9,11,13-14,21,28,30H,10,12,15-17H2,1H3/t21-/m0/s1. The number of halogens is 2. The predicted octanol–water partition coefficient (Wildman–Crippen LogP) is 4.24. The molecule has 0 saturated heterocycles. The third kappa shape index (κ3) is 9.12. The number of anilines is 1. The summed E-state index contributed by atoms with van der Waals surface area (Å²) < 4.78 is 30.7. The predicted molar refractivity (Wildman–Crippen MR) is 136 cm³/mol. The summed E-state index contributed by atoms with van der Waals surface area (Å²) in [5.41, 5.74) is 2.54. The molecule has 0 fully saturated rings. The van der Waals surface area contributed by atoms with E-state index in [1.54, 1.807) is 42.7 Å². The Labute approximate surface area is 210 Å². The highest BCUT2D eigenvalue weighted by atomic mass is 35.5. The molecule has 0 amide bonds. The molecule has 7 nitrogen and oxygen atoms in total. The average molecular weight is 524 g/mol. The highest BCUT2D eigenvalue weighted by molar-refractivity contribution is 7.92. The van der Waals surface area contributed by atoms with E-state index in [0.717, 1.165) is 23.8 Å². The van der Waals surface area contributed by atoms with E-state index in [-0.39, 0.29) is 6.61 Å². The van der Waals surface area contributed by atoms with Gasteiger partial charge in [-0.05, 0) is 60.0 Å². The van der Waals surface area contributed by atoms with Gasteiger partial charge in [0.2, 0.25) is 10.0 Å². The van der Waals surface area contributed by atoms with Crippen LogP contribution in [0, 0.1) is 0 Å². The van der Waals surface area contributed by atoms with Gasteiger partial charge in [0.25, 0.3) is 0 Å². The quantitative estimate of drug-likeness (QED) is 0.368. The molecule has 2 aromatic carbocycles. The molecule has 1 heterocycles. The largest absolute Gasteiger partial charge is 0.491 e. The van der Waals surface area contributed by atoms with Crippen molar-refractivity contribution >= 4 is 38.9 Å². The van der Waals surface area contributed by atoms with Crippen molar-refractivity contribution in [1.82, 2.24) is 9.88 Å². The molecule has 10 heteroatoms. The van der Waals surface area contributed by atoms with Gasteiger partial charge < -0.3 is 9.84 Å². The Bertz CT molecular complexity index is 1160. The third-order valence-electron chi connectivity index (χ3n) is 4.90. The lowest BCUT2D eigenvalue weighted by atomic mass is 10.1. The van der Waals surface area contributed by atoms with Crippen LogP contribution in [-0.4, -0.2) is 55.5 Å². The topological polar surface area (TPSA) is 91.8 Å². The number of aliphatic hydroxyl groups is 1. The smallest absolute Gasteiger partial charge is 0.229 e. The second-order valence-corrected chi connectivity index (χ2v) is 10.5. The second kappa shape index (κ2) is 12.4. The highest BCUT2D eigenvalue weighted by Gasteiger charge is 2.14. The maximum atomic E-state index is 11.3. The van der Waals surface area contributed by atoms with Crippen LogP contribution in [0.5, 0.6) is 5.75 Å². The Morgan fingerprint density at radius 1 is 1.09 bits per heavy atom. The number of aromatic nitrogens is 1. The summed E-state index contributed by atoms with van der Waals surface area (Å²) >= 11 is 12.2. The lowest BCUT2D eigenvalue weighted by molar-refractivity contribution is 0.0659. The molecule has 0 spiro atoms. The zero-order chi connectivity index (χ0) is 24.6. The van der Waals surface area contributed by atoms with E-state index in [0.29, 0.717) is 41.1 Å². The van der Waals surface area contributed by atoms with Gasteiger partial charge in [0.15, 0.2) is 0 Å². The minimum absolute atomic E-state index is 0.0924. The molecule has 1 atom stereocenters. The van der Waals surface area contributed by atoms with E-state index in [4.69, 9.17) is 27.9 Å². The number of hydrogen-bond donors (Lipinski definition) is 2. The molecule has 2 N–H and O–H groups in total. The Morgan fingerprint density at radius 2 is 1.85 bits per heavy atom. The van der Waals surface area contributed by atoms with Crippen molar-refractivity contribution < 1.29 is 18.3 Å². The fraction of sp³-hybridized carbons (Fsp3) is 0.292. The molecule has 0 bridgehead atoms. The number of nitrogens with one attached hydrogen (secondary N) is 1. The molecule has 0 aliphatic heterocycles. The molecular formula is C24H27Cl2N3O4S. The maximum Gasteiger partial charge on any atom is 0.229 e. The van der Waals surface area contributed by atoms with Crippen LogP contribution in [0.3, 0.4) is 0 Å². The number of hydrogen-bond acceptors (Lipinski definition) is 6. The first-order valence-electron chi connectivity index (χ1n) is 10.6. The summed E-state index contributed by atoms with van der Waals surface area (Å²) in [7, 11) is -3.34. The van der Waals surface area contributed by atoms with Crippen LogP contribution in [0.1, 0.15) is 11.1 Å². The molecule has 0 unspecified atom stereocenters. The molecule has 0 radical (unpaired) electrons. The van der Waals surface area contributed by atoms with Crippen molar-refractivity contribution in [3.05, 3.63) is 88.2 Å². The molecule has 0 saturated carbocycles. The zero-order valence-electron chi connectivity index (χ0n) is 18.7. The number of sulfonamides is 1. The van der Waals surface area contributed by atoms with Crippen LogP contribution in [0.2, 0.25) is 10.0 Å². The Balaban J connectivity index is 1.57. The van der Waals surface area contributed by atoms with Gasteiger partial charge in [-0.15, -0.1) is 0 Å². The van der Waals surface area contributed by atoms with Crippen LogP contribution >= 0.6 is 23.2 Å². The molecular weight excluding hydrogens is 497 g/mol. The van der Waals surface area contributed by atoms with Gasteiger partial charge in [-0.25, -0.2) is 8.42 Å². The fourth-order valence-electron chi connectivity index (χ4n) is 3.34. The minimum atomic E-state index is -3.34. The van der Waals surface area contributed by atoms with Gasteiger partial charge in [-0.1, -0.05) is 35.3 Å². The fourth-order valence-corrected chi connectivity index (χ4v) is 4.23. The van der Waals surface area contributed by atoms with E-state index in [1.807, 2.05) is 24.3 Å². The van der Waals surface area contributed by atoms with Crippen molar-refractivity contribution in [3.8, 4) is 5.75 Å². The summed E-state index contributed by atoms with van der Waals surface area (Å²) in [5, 5.41) is 11.7. The van der Waals surface area contributed by atoms with Crippen LogP contribution < -0.4 is 9.46 Å². The minimum Gasteiger partial charge on any atom is -0.491 e. The van der Waals surface area contributed by atoms with Crippen LogP contribution in [0.25, 0.3) is 0 Å². The monoisotopic (exact) mass is 523 g/mol. The van der Waals surface area contributed by atoms with Gasteiger partial charge >= 0.3 is 0 Å². The summed E-state index contributed by atoms with van der Waals surface area (Å²) in [6.07, 6.45) is 4.62. The van der Waals surface area contributed by atoms with Crippen LogP contribution in [0.15, 0.2) is 67.0 Å². The van der Waals surface area contributed by atoms with Crippen molar-refractivity contribution in [1.29, 1.82) is 0 Å². The van der Waals surface area contributed by atoms with Crippen molar-refractivity contribution in [2.75, 3.05) is 30.7 Å². The van der Waals surface area contributed by atoms with Gasteiger partial charge in [0, 0.05) is 37.7 Å². The summed E-state index contributed by atoms with van der Waals surface area (Å²) in [4.78, 5) is 6.30.